The van der Waals surface area contributed by atoms with Gasteiger partial charge in [0.2, 0.25) is 5.91 Å². The molecular weight excluding hydrogens is 350 g/mol. The smallest absolute Gasteiger partial charge is 0.224 e. The maximum Gasteiger partial charge on any atom is 0.224 e. The molecule has 2 heterocycles. The lowest BCUT2D eigenvalue weighted by Gasteiger charge is -2.24. The van der Waals surface area contributed by atoms with E-state index in [1.165, 1.54) is 10.9 Å². The van der Waals surface area contributed by atoms with Crippen LogP contribution in [0.2, 0.25) is 0 Å². The first kappa shape index (κ1) is 18.6. The number of aromatic amines is 1. The summed E-state index contributed by atoms with van der Waals surface area (Å²) >= 11 is 0. The topological polar surface area (TPSA) is 66.2 Å². The summed E-state index contributed by atoms with van der Waals surface area (Å²) in [6.45, 7) is 2.35. The number of aromatic nitrogens is 1. The van der Waals surface area contributed by atoms with Crippen molar-refractivity contribution in [1.82, 2.24) is 15.6 Å². The van der Waals surface area contributed by atoms with Gasteiger partial charge in [-0.25, -0.2) is 0 Å². The number of ether oxygens (including phenoxy) is 1. The molecule has 1 aliphatic heterocycles. The van der Waals surface area contributed by atoms with Crippen molar-refractivity contribution in [3.05, 3.63) is 65.9 Å². The number of methoxy groups -OCH3 is 1. The molecule has 1 aliphatic rings. The SMILES string of the molecule is COc1ccc(C(CNC(=O)C2CCCNC2)c2c[nH]c3ccccc23)cc1. The number of fused-ring (bicyclic) bond motifs is 1. The third kappa shape index (κ3) is 3.90. The van der Waals surface area contributed by atoms with Gasteiger partial charge in [0.05, 0.1) is 13.0 Å². The monoisotopic (exact) mass is 377 g/mol. The minimum absolute atomic E-state index is 0.0632. The van der Waals surface area contributed by atoms with Gasteiger partial charge in [0.1, 0.15) is 5.75 Å². The summed E-state index contributed by atoms with van der Waals surface area (Å²) in [7, 11) is 1.67. The highest BCUT2D eigenvalue weighted by atomic mass is 16.5. The molecule has 4 rings (SSSR count). The van der Waals surface area contributed by atoms with Crippen LogP contribution >= 0.6 is 0 Å². The second kappa shape index (κ2) is 8.48. The molecule has 1 aromatic heterocycles. The summed E-state index contributed by atoms with van der Waals surface area (Å²) in [6, 6.07) is 16.4. The summed E-state index contributed by atoms with van der Waals surface area (Å²) in [5.74, 6) is 1.11. The summed E-state index contributed by atoms with van der Waals surface area (Å²) in [6.07, 6.45) is 4.08. The highest BCUT2D eigenvalue weighted by Gasteiger charge is 2.23. The zero-order valence-corrected chi connectivity index (χ0v) is 16.2. The van der Waals surface area contributed by atoms with Crippen molar-refractivity contribution in [3.8, 4) is 5.75 Å². The Bertz CT molecular complexity index is 926. The van der Waals surface area contributed by atoms with Crippen LogP contribution in [0.3, 0.4) is 0 Å². The third-order valence-electron chi connectivity index (χ3n) is 5.66. The number of para-hydroxylation sites is 1. The lowest BCUT2D eigenvalue weighted by atomic mass is 9.90. The van der Waals surface area contributed by atoms with Crippen LogP contribution in [0.1, 0.15) is 29.9 Å². The molecule has 3 N–H and O–H groups in total. The van der Waals surface area contributed by atoms with Gasteiger partial charge in [-0.05, 0) is 48.7 Å². The van der Waals surface area contributed by atoms with E-state index in [1.807, 2.05) is 18.2 Å². The van der Waals surface area contributed by atoms with Gasteiger partial charge in [-0.3, -0.25) is 4.79 Å². The van der Waals surface area contributed by atoms with E-state index < -0.39 is 0 Å². The Hall–Kier alpha value is -2.79. The van der Waals surface area contributed by atoms with Crippen molar-refractivity contribution in [1.29, 1.82) is 0 Å². The fraction of sp³-hybridized carbons (Fsp3) is 0.348. The molecule has 3 aromatic rings. The largest absolute Gasteiger partial charge is 0.497 e. The summed E-state index contributed by atoms with van der Waals surface area (Å²) in [4.78, 5) is 16.1. The molecule has 2 atom stereocenters. The summed E-state index contributed by atoms with van der Waals surface area (Å²) in [5, 5.41) is 7.72. The number of nitrogens with one attached hydrogen (secondary N) is 3. The van der Waals surface area contributed by atoms with Crippen LogP contribution < -0.4 is 15.4 Å². The molecule has 1 saturated heterocycles. The normalized spacial score (nSPS) is 18.0. The van der Waals surface area contributed by atoms with Crippen LogP contribution in [0.5, 0.6) is 5.75 Å². The molecule has 1 fully saturated rings. The van der Waals surface area contributed by atoms with Crippen LogP contribution in [-0.2, 0) is 4.79 Å². The zero-order valence-electron chi connectivity index (χ0n) is 16.2. The average molecular weight is 377 g/mol. The van der Waals surface area contributed by atoms with Crippen molar-refractivity contribution in [2.24, 2.45) is 5.92 Å². The second-order valence-corrected chi connectivity index (χ2v) is 7.40. The van der Waals surface area contributed by atoms with E-state index in [9.17, 15) is 4.79 Å². The van der Waals surface area contributed by atoms with Crippen molar-refractivity contribution in [2.75, 3.05) is 26.7 Å². The molecule has 0 saturated carbocycles. The van der Waals surface area contributed by atoms with E-state index in [2.05, 4.69) is 52.1 Å². The van der Waals surface area contributed by atoms with Crippen LogP contribution in [-0.4, -0.2) is 37.6 Å². The Kier molecular flexibility index (Phi) is 5.63. The lowest BCUT2D eigenvalue weighted by Crippen LogP contribution is -2.41. The van der Waals surface area contributed by atoms with Crippen LogP contribution in [0.4, 0.5) is 0 Å². The fourth-order valence-electron chi connectivity index (χ4n) is 4.05. The summed E-state index contributed by atoms with van der Waals surface area (Å²) < 4.78 is 5.30. The number of rotatable bonds is 6. The van der Waals surface area contributed by atoms with Crippen LogP contribution in [0, 0.1) is 5.92 Å². The highest BCUT2D eigenvalue weighted by molar-refractivity contribution is 5.84. The quantitative estimate of drug-likeness (QED) is 0.617. The van der Waals surface area contributed by atoms with Gasteiger partial charge in [-0.15, -0.1) is 0 Å². The van der Waals surface area contributed by atoms with Gasteiger partial charge in [-0.2, -0.15) is 0 Å². The molecule has 0 aliphatic carbocycles. The molecule has 5 nitrogen and oxygen atoms in total. The number of hydrogen-bond acceptors (Lipinski definition) is 3. The average Bonchev–Trinajstić information content (AvgIpc) is 3.19. The molecular formula is C23H27N3O2. The van der Waals surface area contributed by atoms with Gasteiger partial charge < -0.3 is 20.4 Å². The van der Waals surface area contributed by atoms with Gasteiger partial charge in [0.15, 0.2) is 0 Å². The number of carbonyl (C=O) groups is 1. The van der Waals surface area contributed by atoms with Gasteiger partial charge in [0.25, 0.3) is 0 Å². The van der Waals surface area contributed by atoms with Gasteiger partial charge in [-0.1, -0.05) is 30.3 Å². The fourth-order valence-corrected chi connectivity index (χ4v) is 4.05. The number of benzene rings is 2. The Balaban J connectivity index is 1.60. The molecule has 5 heteroatoms. The molecule has 28 heavy (non-hydrogen) atoms. The van der Waals surface area contributed by atoms with Crippen molar-refractivity contribution in [2.45, 2.75) is 18.8 Å². The minimum atomic E-state index is 0.0632. The third-order valence-corrected chi connectivity index (χ3v) is 5.66. The first-order chi connectivity index (χ1) is 13.8. The second-order valence-electron chi connectivity index (χ2n) is 7.40. The summed E-state index contributed by atoms with van der Waals surface area (Å²) in [5.41, 5.74) is 3.47. The Morgan fingerprint density at radius 3 is 2.79 bits per heavy atom. The highest BCUT2D eigenvalue weighted by Crippen LogP contribution is 2.31. The standard InChI is InChI=1S/C23H27N3O2/c1-28-18-10-8-16(9-11-18)20(14-26-23(27)17-5-4-12-24-13-17)21-15-25-22-7-3-2-6-19(21)22/h2-3,6-11,15,17,20,24-25H,4-5,12-14H2,1H3,(H,26,27). The Labute approximate surface area is 165 Å². The Morgan fingerprint density at radius 1 is 1.21 bits per heavy atom. The van der Waals surface area contributed by atoms with E-state index in [4.69, 9.17) is 4.74 Å². The van der Waals surface area contributed by atoms with Gasteiger partial charge in [0, 0.05) is 36.1 Å². The van der Waals surface area contributed by atoms with E-state index in [1.54, 1.807) is 7.11 Å². The molecule has 2 aromatic carbocycles. The van der Waals surface area contributed by atoms with Crippen molar-refractivity contribution in [3.63, 3.8) is 0 Å². The minimum Gasteiger partial charge on any atom is -0.497 e. The maximum absolute atomic E-state index is 12.7. The van der Waals surface area contributed by atoms with E-state index in [0.29, 0.717) is 6.54 Å². The molecule has 2 unspecified atom stereocenters. The number of H-pyrrole nitrogens is 1. The predicted octanol–water partition coefficient (Wildman–Crippen LogP) is 3.42. The molecule has 0 bridgehead atoms. The lowest BCUT2D eigenvalue weighted by molar-refractivity contribution is -0.125. The van der Waals surface area contributed by atoms with Crippen LogP contribution in [0.25, 0.3) is 10.9 Å². The number of amides is 1. The van der Waals surface area contributed by atoms with Gasteiger partial charge >= 0.3 is 0 Å². The zero-order chi connectivity index (χ0) is 19.3. The number of piperidine rings is 1. The predicted molar refractivity (Wildman–Crippen MR) is 112 cm³/mol. The van der Waals surface area contributed by atoms with Crippen LogP contribution in [0.15, 0.2) is 54.7 Å². The molecule has 0 spiro atoms. The maximum atomic E-state index is 12.7. The van der Waals surface area contributed by atoms with E-state index in [-0.39, 0.29) is 17.7 Å². The number of carbonyl (C=O) groups excluding carboxylic acids is 1. The molecule has 0 radical (unpaired) electrons. The number of hydrogen-bond donors (Lipinski definition) is 3. The Morgan fingerprint density at radius 2 is 2.04 bits per heavy atom. The van der Waals surface area contributed by atoms with E-state index >= 15 is 0 Å². The first-order valence-corrected chi connectivity index (χ1v) is 9.94. The van der Waals surface area contributed by atoms with Crippen molar-refractivity contribution < 1.29 is 9.53 Å². The van der Waals surface area contributed by atoms with Crippen molar-refractivity contribution >= 4 is 16.8 Å². The molecule has 146 valence electrons. The van der Waals surface area contributed by atoms with E-state index in [0.717, 1.165) is 42.8 Å². The first-order valence-electron chi connectivity index (χ1n) is 9.94. The molecule has 1 amide bonds.